The summed E-state index contributed by atoms with van der Waals surface area (Å²) in [7, 11) is 0. The van der Waals surface area contributed by atoms with Crippen LogP contribution in [0.15, 0.2) is 109 Å². The van der Waals surface area contributed by atoms with Crippen molar-refractivity contribution >= 4 is 11.9 Å². The zero-order chi connectivity index (χ0) is 43.5. The third kappa shape index (κ3) is 47.2. The van der Waals surface area contributed by atoms with Gasteiger partial charge in [0.1, 0.15) is 6.61 Å². The highest BCUT2D eigenvalue weighted by molar-refractivity contribution is 5.70. The molecule has 0 fully saturated rings. The summed E-state index contributed by atoms with van der Waals surface area (Å²) in [6, 6.07) is 0. The normalized spacial score (nSPS) is 13.2. The quantitative estimate of drug-likeness (QED) is 0.0348. The Morgan fingerprint density at radius 2 is 0.817 bits per heavy atom. The summed E-state index contributed by atoms with van der Waals surface area (Å²) in [5.41, 5.74) is 0. The molecule has 0 aromatic carbocycles. The largest absolute Gasteiger partial charge is 0.462 e. The van der Waals surface area contributed by atoms with Gasteiger partial charge in [0.15, 0.2) is 6.10 Å². The van der Waals surface area contributed by atoms with Gasteiger partial charge in [-0.15, -0.1) is 0 Å². The maximum atomic E-state index is 12.7. The van der Waals surface area contributed by atoms with Crippen LogP contribution in [0.25, 0.3) is 0 Å². The molecule has 0 saturated heterocycles. The molecule has 0 aromatic heterocycles. The number of allylic oxidation sites excluding steroid dienone is 18. The first kappa shape index (κ1) is 56.6. The Labute approximate surface area is 370 Å². The van der Waals surface area contributed by atoms with E-state index in [1.54, 1.807) is 0 Å². The van der Waals surface area contributed by atoms with Crippen LogP contribution < -0.4 is 0 Å². The van der Waals surface area contributed by atoms with Crippen molar-refractivity contribution in [3.05, 3.63) is 109 Å². The van der Waals surface area contributed by atoms with Gasteiger partial charge in [-0.1, -0.05) is 194 Å². The summed E-state index contributed by atoms with van der Waals surface area (Å²) < 4.78 is 17.3. The van der Waals surface area contributed by atoms with Crippen molar-refractivity contribution in [2.75, 3.05) is 19.8 Å². The third-order valence-electron chi connectivity index (χ3n) is 9.76. The van der Waals surface area contributed by atoms with Crippen LogP contribution in [-0.4, -0.2) is 37.9 Å². The Hall–Kier alpha value is -3.44. The van der Waals surface area contributed by atoms with Gasteiger partial charge in [0.25, 0.3) is 0 Å². The Kier molecular flexibility index (Phi) is 47.1. The van der Waals surface area contributed by atoms with Gasteiger partial charge in [0.05, 0.1) is 6.61 Å². The number of esters is 2. The number of carbonyl (C=O) groups is 2. The topological polar surface area (TPSA) is 61.8 Å². The lowest BCUT2D eigenvalue weighted by Crippen LogP contribution is -2.30. The van der Waals surface area contributed by atoms with Gasteiger partial charge < -0.3 is 14.2 Å². The summed E-state index contributed by atoms with van der Waals surface area (Å²) in [6.07, 6.45) is 68.1. The molecule has 0 spiro atoms. The maximum absolute atomic E-state index is 12.7. The Balaban J connectivity index is 4.42. The minimum atomic E-state index is -0.582. The van der Waals surface area contributed by atoms with Crippen LogP contribution in [0, 0.1) is 0 Å². The summed E-state index contributed by atoms with van der Waals surface area (Å²) >= 11 is 0. The molecule has 0 rings (SSSR count). The van der Waals surface area contributed by atoms with Gasteiger partial charge in [0, 0.05) is 19.4 Å². The van der Waals surface area contributed by atoms with Crippen molar-refractivity contribution in [3.8, 4) is 0 Å². The average molecular weight is 831 g/mol. The average Bonchev–Trinajstić information content (AvgIpc) is 3.25. The molecule has 0 aliphatic carbocycles. The van der Waals surface area contributed by atoms with E-state index in [0.717, 1.165) is 89.9 Å². The molecule has 0 saturated carbocycles. The number of unbranched alkanes of at least 4 members (excludes halogenated alkanes) is 14. The highest BCUT2D eigenvalue weighted by Gasteiger charge is 2.17. The molecule has 0 aliphatic heterocycles. The monoisotopic (exact) mass is 831 g/mol. The number of hydrogen-bond donors (Lipinski definition) is 0. The summed E-state index contributed by atoms with van der Waals surface area (Å²) in [4.78, 5) is 25.3. The summed E-state index contributed by atoms with van der Waals surface area (Å²) in [5.74, 6) is -0.522. The van der Waals surface area contributed by atoms with Crippen molar-refractivity contribution in [3.63, 3.8) is 0 Å². The fraction of sp³-hybridized carbons (Fsp3) is 0.636. The van der Waals surface area contributed by atoms with E-state index in [0.29, 0.717) is 25.9 Å². The summed E-state index contributed by atoms with van der Waals surface area (Å²) in [6.45, 7) is 7.49. The first-order chi connectivity index (χ1) is 29.6. The lowest BCUT2D eigenvalue weighted by Gasteiger charge is -2.18. The second-order valence-electron chi connectivity index (χ2n) is 15.6. The van der Waals surface area contributed by atoms with Gasteiger partial charge in [-0.05, 0) is 103 Å². The van der Waals surface area contributed by atoms with Crippen LogP contribution >= 0.6 is 0 Å². The zero-order valence-electron chi connectivity index (χ0n) is 38.9. The van der Waals surface area contributed by atoms with Crippen molar-refractivity contribution in [1.29, 1.82) is 0 Å². The maximum Gasteiger partial charge on any atom is 0.306 e. The molecule has 0 bridgehead atoms. The molecular formula is C55H90O5. The molecule has 340 valence electrons. The first-order valence-corrected chi connectivity index (χ1v) is 24.4. The molecule has 1 atom stereocenters. The second kappa shape index (κ2) is 49.9. The van der Waals surface area contributed by atoms with Crippen molar-refractivity contribution in [2.45, 2.75) is 207 Å². The number of hydrogen-bond acceptors (Lipinski definition) is 5. The van der Waals surface area contributed by atoms with Crippen LogP contribution in [0.1, 0.15) is 201 Å². The van der Waals surface area contributed by atoms with Gasteiger partial charge in [-0.3, -0.25) is 9.59 Å². The lowest BCUT2D eigenvalue weighted by atomic mass is 10.1. The Bertz CT molecular complexity index is 1210. The number of ether oxygens (including phenoxy) is 3. The fourth-order valence-corrected chi connectivity index (χ4v) is 6.14. The van der Waals surface area contributed by atoms with E-state index in [-0.39, 0.29) is 25.2 Å². The van der Waals surface area contributed by atoms with E-state index < -0.39 is 6.10 Å². The molecule has 0 heterocycles. The van der Waals surface area contributed by atoms with E-state index in [1.165, 1.54) is 70.6 Å². The highest BCUT2D eigenvalue weighted by atomic mass is 16.6. The molecule has 0 radical (unpaired) electrons. The first-order valence-electron chi connectivity index (χ1n) is 24.4. The van der Waals surface area contributed by atoms with E-state index in [4.69, 9.17) is 14.2 Å². The van der Waals surface area contributed by atoms with Crippen LogP contribution in [-0.2, 0) is 23.8 Å². The van der Waals surface area contributed by atoms with Gasteiger partial charge >= 0.3 is 11.9 Å². The molecule has 5 heteroatoms. The van der Waals surface area contributed by atoms with Crippen LogP contribution in [0.2, 0.25) is 0 Å². The summed E-state index contributed by atoms with van der Waals surface area (Å²) in [5, 5.41) is 0. The van der Waals surface area contributed by atoms with Crippen LogP contribution in [0.4, 0.5) is 0 Å². The van der Waals surface area contributed by atoms with E-state index in [2.05, 4.69) is 124 Å². The Morgan fingerprint density at radius 1 is 0.383 bits per heavy atom. The Morgan fingerprint density at radius 3 is 1.35 bits per heavy atom. The van der Waals surface area contributed by atoms with Crippen molar-refractivity contribution in [2.24, 2.45) is 0 Å². The predicted molar refractivity (Wildman–Crippen MR) is 260 cm³/mol. The minimum Gasteiger partial charge on any atom is -0.462 e. The van der Waals surface area contributed by atoms with Crippen molar-refractivity contribution in [1.82, 2.24) is 0 Å². The molecule has 0 aliphatic rings. The van der Waals surface area contributed by atoms with Crippen molar-refractivity contribution < 1.29 is 23.8 Å². The lowest BCUT2D eigenvalue weighted by molar-refractivity contribution is -0.162. The van der Waals surface area contributed by atoms with Crippen LogP contribution in [0.5, 0.6) is 0 Å². The second-order valence-corrected chi connectivity index (χ2v) is 15.6. The standard InChI is InChI=1S/C55H90O5/c1-4-7-10-13-16-19-22-25-26-27-28-29-30-32-33-36-39-42-45-48-54(56)59-52-53(51-58-50-47-44-41-38-35-24-21-18-15-12-9-6-3)60-55(57)49-46-43-40-37-34-31-23-20-17-14-11-8-5-2/h7,10-11,14-16,18-20,23,25-26,28-29,32-33,39,42,53H,4-6,8-9,12-13,17,21-22,24,27,30-31,34-38,40-41,43-52H2,1-3H3/b10-7-,14-11-,18-15-,19-16-,23-20-,26-25-,29-28-,33-32-,42-39-. The molecule has 60 heavy (non-hydrogen) atoms. The van der Waals surface area contributed by atoms with Gasteiger partial charge in [-0.25, -0.2) is 0 Å². The smallest absolute Gasteiger partial charge is 0.306 e. The zero-order valence-corrected chi connectivity index (χ0v) is 38.9. The molecular weight excluding hydrogens is 741 g/mol. The number of rotatable bonds is 43. The SMILES string of the molecule is CC/C=C\C/C=C\C/C=C\C/C=C\C/C=C\C/C=C\CCC(=O)OCC(COCCCCCCCC/C=C\CCCC)OC(=O)CCCCCCC/C=C\C/C=C\CCC. The molecule has 1 unspecified atom stereocenters. The fourth-order valence-electron chi connectivity index (χ4n) is 6.14. The molecule has 5 nitrogen and oxygen atoms in total. The third-order valence-corrected chi connectivity index (χ3v) is 9.76. The molecule has 0 N–H and O–H groups in total. The highest BCUT2D eigenvalue weighted by Crippen LogP contribution is 2.12. The van der Waals surface area contributed by atoms with E-state index in [9.17, 15) is 9.59 Å². The molecule has 0 amide bonds. The van der Waals surface area contributed by atoms with Gasteiger partial charge in [-0.2, -0.15) is 0 Å². The van der Waals surface area contributed by atoms with Gasteiger partial charge in [0.2, 0.25) is 0 Å². The molecule has 0 aromatic rings. The minimum absolute atomic E-state index is 0.0309. The number of carbonyl (C=O) groups excluding carboxylic acids is 2. The predicted octanol–water partition coefficient (Wildman–Crippen LogP) is 16.4. The van der Waals surface area contributed by atoms with Crippen LogP contribution in [0.3, 0.4) is 0 Å². The van der Waals surface area contributed by atoms with E-state index >= 15 is 0 Å². The van der Waals surface area contributed by atoms with E-state index in [1.807, 2.05) is 6.08 Å².